The second-order valence-corrected chi connectivity index (χ2v) is 3.74. The quantitative estimate of drug-likeness (QED) is 0.778. The molecule has 0 radical (unpaired) electrons. The minimum atomic E-state index is -0.935. The molecule has 0 bridgehead atoms. The van der Waals surface area contributed by atoms with Gasteiger partial charge in [-0.15, -0.1) is 0 Å². The molecule has 2 N–H and O–H groups in total. The Bertz CT molecular complexity index is 414. The molecule has 4 nitrogen and oxygen atoms in total. The fourth-order valence-electron chi connectivity index (χ4n) is 1.26. The number of phenols is 1. The van der Waals surface area contributed by atoms with E-state index in [0.29, 0.717) is 0 Å². The smallest absolute Gasteiger partial charge is 0.303 e. The van der Waals surface area contributed by atoms with Crippen molar-refractivity contribution in [3.8, 4) is 5.75 Å². The number of carbonyl (C=O) groups is 2. The number of benzene rings is 1. The molecular weight excluding hydrogens is 232 g/mol. The predicted molar refractivity (Wildman–Crippen MR) is 58.9 cm³/mol. The molecule has 0 aromatic heterocycles. The first-order valence-electron chi connectivity index (χ1n) is 4.74. The molecule has 5 heteroatoms. The summed E-state index contributed by atoms with van der Waals surface area (Å²) in [6.45, 7) is 0. The zero-order chi connectivity index (χ0) is 12.1. The zero-order valence-corrected chi connectivity index (χ0v) is 9.20. The van der Waals surface area contributed by atoms with E-state index in [1.807, 2.05) is 0 Å². The third kappa shape index (κ3) is 3.55. The molecule has 86 valence electrons. The average Bonchev–Trinajstić information content (AvgIpc) is 2.21. The standard InChI is InChI=1S/C11H11ClO4/c12-9-5-4-7(13)6-8(9)10(14)2-1-3-11(15)16/h4-6,13H,1-3H2,(H,15,16). The number of hydrogen-bond acceptors (Lipinski definition) is 3. The van der Waals surface area contributed by atoms with E-state index in [1.165, 1.54) is 18.2 Å². The van der Waals surface area contributed by atoms with Crippen LogP contribution < -0.4 is 0 Å². The number of aliphatic carboxylic acids is 1. The van der Waals surface area contributed by atoms with E-state index in [4.69, 9.17) is 16.7 Å². The molecule has 16 heavy (non-hydrogen) atoms. The third-order valence-corrected chi connectivity index (χ3v) is 2.37. The molecule has 0 fully saturated rings. The molecule has 1 aromatic rings. The first-order valence-corrected chi connectivity index (χ1v) is 5.12. The summed E-state index contributed by atoms with van der Waals surface area (Å²) in [6, 6.07) is 4.10. The molecule has 0 amide bonds. The van der Waals surface area contributed by atoms with Gasteiger partial charge in [-0.05, 0) is 24.6 Å². The van der Waals surface area contributed by atoms with Crippen molar-refractivity contribution < 1.29 is 19.8 Å². The number of hydrogen-bond donors (Lipinski definition) is 2. The number of Topliss-reactive ketones (excluding diaryl/α,β-unsaturated/α-hetero) is 1. The molecule has 0 heterocycles. The van der Waals surface area contributed by atoms with Gasteiger partial charge in [0.1, 0.15) is 5.75 Å². The summed E-state index contributed by atoms with van der Waals surface area (Å²) in [5.74, 6) is -1.23. The topological polar surface area (TPSA) is 74.6 Å². The van der Waals surface area contributed by atoms with Gasteiger partial charge in [0.25, 0.3) is 0 Å². The highest BCUT2D eigenvalue weighted by Gasteiger charge is 2.11. The summed E-state index contributed by atoms with van der Waals surface area (Å²) >= 11 is 5.78. The Balaban J connectivity index is 2.65. The van der Waals surface area contributed by atoms with Crippen LogP contribution in [-0.4, -0.2) is 22.0 Å². The second-order valence-electron chi connectivity index (χ2n) is 3.33. The minimum absolute atomic E-state index is 0.0361. The van der Waals surface area contributed by atoms with Gasteiger partial charge in [-0.25, -0.2) is 0 Å². The van der Waals surface area contributed by atoms with Crippen LogP contribution >= 0.6 is 11.6 Å². The number of carboxylic acids is 1. The predicted octanol–water partition coefficient (Wildman–Crippen LogP) is 2.48. The van der Waals surface area contributed by atoms with Crippen LogP contribution in [0.15, 0.2) is 18.2 Å². The van der Waals surface area contributed by atoms with Crippen LogP contribution in [-0.2, 0) is 4.79 Å². The van der Waals surface area contributed by atoms with Gasteiger partial charge >= 0.3 is 5.97 Å². The van der Waals surface area contributed by atoms with E-state index in [-0.39, 0.29) is 41.4 Å². The molecule has 0 aliphatic heterocycles. The number of aromatic hydroxyl groups is 1. The molecule has 0 aliphatic carbocycles. The van der Waals surface area contributed by atoms with Gasteiger partial charge in [0, 0.05) is 18.4 Å². The van der Waals surface area contributed by atoms with Crippen LogP contribution in [0.3, 0.4) is 0 Å². The molecule has 0 spiro atoms. The maximum atomic E-state index is 11.6. The van der Waals surface area contributed by atoms with Crippen LogP contribution in [0.2, 0.25) is 5.02 Å². The Morgan fingerprint density at radius 1 is 1.25 bits per heavy atom. The fraction of sp³-hybridized carbons (Fsp3) is 0.273. The first kappa shape index (κ1) is 12.5. The molecule has 0 atom stereocenters. The van der Waals surface area contributed by atoms with Crippen molar-refractivity contribution in [2.45, 2.75) is 19.3 Å². The Morgan fingerprint density at radius 3 is 2.56 bits per heavy atom. The molecule has 0 aliphatic rings. The van der Waals surface area contributed by atoms with Crippen molar-refractivity contribution in [3.05, 3.63) is 28.8 Å². The van der Waals surface area contributed by atoms with Crippen molar-refractivity contribution in [1.29, 1.82) is 0 Å². The van der Waals surface area contributed by atoms with E-state index in [0.717, 1.165) is 0 Å². The van der Waals surface area contributed by atoms with Gasteiger partial charge in [0.15, 0.2) is 5.78 Å². The highest BCUT2D eigenvalue weighted by Crippen LogP contribution is 2.22. The largest absolute Gasteiger partial charge is 0.508 e. The molecule has 1 aromatic carbocycles. The van der Waals surface area contributed by atoms with Crippen molar-refractivity contribution >= 4 is 23.4 Å². The highest BCUT2D eigenvalue weighted by molar-refractivity contribution is 6.34. The number of rotatable bonds is 5. The van der Waals surface area contributed by atoms with Crippen LogP contribution in [0.25, 0.3) is 0 Å². The monoisotopic (exact) mass is 242 g/mol. The summed E-state index contributed by atoms with van der Waals surface area (Å²) in [5, 5.41) is 17.9. The van der Waals surface area contributed by atoms with E-state index in [1.54, 1.807) is 0 Å². The normalized spacial score (nSPS) is 10.1. The maximum absolute atomic E-state index is 11.6. The van der Waals surface area contributed by atoms with E-state index < -0.39 is 5.97 Å². The Morgan fingerprint density at radius 2 is 1.94 bits per heavy atom. The van der Waals surface area contributed by atoms with Gasteiger partial charge < -0.3 is 10.2 Å². The molecule has 0 saturated carbocycles. The first-order chi connectivity index (χ1) is 7.50. The van der Waals surface area contributed by atoms with Gasteiger partial charge in [-0.1, -0.05) is 11.6 Å². The lowest BCUT2D eigenvalue weighted by atomic mass is 10.1. The molecule has 1 rings (SSSR count). The number of carboxylic acid groups (broad SMARTS) is 1. The van der Waals surface area contributed by atoms with Gasteiger partial charge in [-0.2, -0.15) is 0 Å². The lowest BCUT2D eigenvalue weighted by Crippen LogP contribution is -2.02. The Kier molecular flexibility index (Phi) is 4.31. The van der Waals surface area contributed by atoms with Crippen molar-refractivity contribution in [3.63, 3.8) is 0 Å². The number of carbonyl (C=O) groups excluding carboxylic acids is 1. The molecule has 0 unspecified atom stereocenters. The van der Waals surface area contributed by atoms with Gasteiger partial charge in [-0.3, -0.25) is 9.59 Å². The fourth-order valence-corrected chi connectivity index (χ4v) is 1.48. The van der Waals surface area contributed by atoms with Crippen molar-refractivity contribution in [2.24, 2.45) is 0 Å². The van der Waals surface area contributed by atoms with Gasteiger partial charge in [0.05, 0.1) is 5.02 Å². The maximum Gasteiger partial charge on any atom is 0.303 e. The third-order valence-electron chi connectivity index (χ3n) is 2.04. The highest BCUT2D eigenvalue weighted by atomic mass is 35.5. The lowest BCUT2D eigenvalue weighted by molar-refractivity contribution is -0.137. The number of halogens is 1. The van der Waals surface area contributed by atoms with Crippen LogP contribution in [0.1, 0.15) is 29.6 Å². The van der Waals surface area contributed by atoms with Crippen LogP contribution in [0.4, 0.5) is 0 Å². The number of phenolic OH excluding ortho intramolecular Hbond substituents is 1. The lowest BCUT2D eigenvalue weighted by Gasteiger charge is -2.03. The zero-order valence-electron chi connectivity index (χ0n) is 8.44. The average molecular weight is 243 g/mol. The van der Waals surface area contributed by atoms with E-state index in [9.17, 15) is 14.7 Å². The van der Waals surface area contributed by atoms with Gasteiger partial charge in [0.2, 0.25) is 0 Å². The second kappa shape index (κ2) is 5.51. The minimum Gasteiger partial charge on any atom is -0.508 e. The van der Waals surface area contributed by atoms with E-state index >= 15 is 0 Å². The van der Waals surface area contributed by atoms with Crippen LogP contribution in [0.5, 0.6) is 5.75 Å². The van der Waals surface area contributed by atoms with Crippen molar-refractivity contribution in [2.75, 3.05) is 0 Å². The molecule has 0 saturated heterocycles. The Hall–Kier alpha value is -1.55. The van der Waals surface area contributed by atoms with E-state index in [2.05, 4.69) is 0 Å². The summed E-state index contributed by atoms with van der Waals surface area (Å²) in [7, 11) is 0. The summed E-state index contributed by atoms with van der Waals surface area (Å²) in [5.41, 5.74) is 0.229. The van der Waals surface area contributed by atoms with Crippen molar-refractivity contribution in [1.82, 2.24) is 0 Å². The SMILES string of the molecule is O=C(O)CCCC(=O)c1cc(O)ccc1Cl. The number of ketones is 1. The summed E-state index contributed by atoms with van der Waals surface area (Å²) < 4.78 is 0. The summed E-state index contributed by atoms with van der Waals surface area (Å²) in [6.07, 6.45) is 0.317. The molecular formula is C11H11ClO4. The van der Waals surface area contributed by atoms with Crippen LogP contribution in [0, 0.1) is 0 Å². The Labute approximate surface area is 97.5 Å². The summed E-state index contributed by atoms with van der Waals surface area (Å²) in [4.78, 5) is 21.9.